The molecule has 8 nitrogen and oxygen atoms in total. The summed E-state index contributed by atoms with van der Waals surface area (Å²) in [5.41, 5.74) is 7.66. The molecule has 0 bridgehead atoms. The average Bonchev–Trinajstić information content (AvgIpc) is 3.52. The predicted octanol–water partition coefficient (Wildman–Crippen LogP) is 3.19. The van der Waals surface area contributed by atoms with Crippen molar-refractivity contribution in [3.05, 3.63) is 75.9 Å². The highest BCUT2D eigenvalue weighted by atomic mass is 16.5. The lowest BCUT2D eigenvalue weighted by Gasteiger charge is -2.31. The van der Waals surface area contributed by atoms with Crippen molar-refractivity contribution in [2.45, 2.75) is 59.2 Å². The Morgan fingerprint density at radius 1 is 1.20 bits per heavy atom. The first-order valence-corrected chi connectivity index (χ1v) is 12.2. The van der Waals surface area contributed by atoms with Crippen LogP contribution in [0.1, 0.15) is 57.0 Å². The third-order valence-electron chi connectivity index (χ3n) is 6.89. The molecule has 35 heavy (non-hydrogen) atoms. The number of nitrogens with zero attached hydrogens (tertiary/aromatic N) is 4. The van der Waals surface area contributed by atoms with Gasteiger partial charge >= 0.3 is 0 Å². The van der Waals surface area contributed by atoms with Gasteiger partial charge in [0.15, 0.2) is 0 Å². The molecular formula is C27H31N5O3. The number of nitrogens with one attached hydrogen (secondary N) is 1. The smallest absolute Gasteiger partial charge is 0.254 e. The summed E-state index contributed by atoms with van der Waals surface area (Å²) in [6.45, 7) is 8.13. The maximum Gasteiger partial charge on any atom is 0.254 e. The maximum atomic E-state index is 13.4. The molecule has 4 heterocycles. The molecule has 0 spiro atoms. The number of amides is 2. The van der Waals surface area contributed by atoms with E-state index in [1.807, 2.05) is 66.9 Å². The largest absolute Gasteiger partial charge is 0.368 e. The molecule has 0 saturated carbocycles. The Morgan fingerprint density at radius 3 is 2.80 bits per heavy atom. The number of aryl methyl sites for hydroxylation is 3. The summed E-state index contributed by atoms with van der Waals surface area (Å²) >= 11 is 0. The van der Waals surface area contributed by atoms with Crippen molar-refractivity contribution >= 4 is 11.8 Å². The Kier molecular flexibility index (Phi) is 6.38. The van der Waals surface area contributed by atoms with Gasteiger partial charge in [0.2, 0.25) is 5.91 Å². The Bertz CT molecular complexity index is 1280. The number of benzene rings is 1. The number of pyridine rings is 1. The molecule has 1 atom stereocenters. The number of carbonyl (C=O) groups is 2. The quantitative estimate of drug-likeness (QED) is 0.615. The maximum absolute atomic E-state index is 13.4. The highest BCUT2D eigenvalue weighted by Gasteiger charge is 2.27. The van der Waals surface area contributed by atoms with E-state index < -0.39 is 0 Å². The number of ether oxygens (including phenoxy) is 1. The Balaban J connectivity index is 1.32. The van der Waals surface area contributed by atoms with Crippen LogP contribution in [0.5, 0.6) is 0 Å². The minimum absolute atomic E-state index is 0.00663. The van der Waals surface area contributed by atoms with Crippen LogP contribution >= 0.6 is 0 Å². The van der Waals surface area contributed by atoms with E-state index in [2.05, 4.69) is 15.4 Å². The van der Waals surface area contributed by atoms with Gasteiger partial charge in [-0.05, 0) is 81.0 Å². The van der Waals surface area contributed by atoms with E-state index in [1.165, 1.54) is 5.56 Å². The molecule has 182 valence electrons. The second-order valence-corrected chi connectivity index (χ2v) is 9.41. The van der Waals surface area contributed by atoms with E-state index in [9.17, 15) is 9.59 Å². The molecule has 2 aliphatic rings. The first-order chi connectivity index (χ1) is 16.9. The minimum atomic E-state index is -0.346. The average molecular weight is 474 g/mol. The summed E-state index contributed by atoms with van der Waals surface area (Å²) in [6, 6.07) is 9.64. The fourth-order valence-corrected chi connectivity index (χ4v) is 5.05. The molecule has 0 radical (unpaired) electrons. The number of carbonyl (C=O) groups excluding carboxylic acids is 2. The zero-order valence-electron chi connectivity index (χ0n) is 20.5. The van der Waals surface area contributed by atoms with Crippen LogP contribution in [-0.4, -0.2) is 50.7 Å². The number of hydrogen-bond acceptors (Lipinski definition) is 5. The lowest BCUT2D eigenvalue weighted by atomic mass is 9.94. The van der Waals surface area contributed by atoms with Gasteiger partial charge in [0.1, 0.15) is 6.10 Å². The van der Waals surface area contributed by atoms with Crippen LogP contribution in [0.15, 0.2) is 36.5 Å². The van der Waals surface area contributed by atoms with Crippen LogP contribution in [-0.2, 0) is 29.0 Å². The molecule has 1 fully saturated rings. The van der Waals surface area contributed by atoms with Gasteiger partial charge < -0.3 is 15.0 Å². The number of aromatic nitrogens is 3. The Labute approximate surface area is 205 Å². The third kappa shape index (κ3) is 4.71. The topological polar surface area (TPSA) is 89.4 Å². The second-order valence-electron chi connectivity index (χ2n) is 9.41. The molecule has 1 unspecified atom stereocenters. The van der Waals surface area contributed by atoms with Crippen LogP contribution in [0.2, 0.25) is 0 Å². The van der Waals surface area contributed by atoms with Crippen molar-refractivity contribution in [1.82, 2.24) is 25.0 Å². The van der Waals surface area contributed by atoms with Crippen molar-refractivity contribution < 1.29 is 14.3 Å². The van der Waals surface area contributed by atoms with Crippen LogP contribution < -0.4 is 5.32 Å². The van der Waals surface area contributed by atoms with Gasteiger partial charge in [-0.25, -0.2) is 4.68 Å². The summed E-state index contributed by atoms with van der Waals surface area (Å²) < 4.78 is 7.36. The molecule has 2 aliphatic heterocycles. The monoisotopic (exact) mass is 473 g/mol. The summed E-state index contributed by atoms with van der Waals surface area (Å²) in [7, 11) is 0. The summed E-state index contributed by atoms with van der Waals surface area (Å²) in [5.74, 6) is -0.0672. The van der Waals surface area contributed by atoms with Crippen LogP contribution in [0.25, 0.3) is 5.69 Å². The molecule has 0 aliphatic carbocycles. The number of rotatable bonds is 5. The zero-order valence-corrected chi connectivity index (χ0v) is 20.5. The van der Waals surface area contributed by atoms with Crippen LogP contribution in [0.4, 0.5) is 0 Å². The first-order valence-electron chi connectivity index (χ1n) is 12.2. The zero-order chi connectivity index (χ0) is 24.5. The van der Waals surface area contributed by atoms with Gasteiger partial charge in [-0.15, -0.1) is 0 Å². The van der Waals surface area contributed by atoms with E-state index in [0.717, 1.165) is 53.2 Å². The SMILES string of the molecule is Cc1cc(C)n(-c2cccc(C(=O)N3CCc4c(cnc(C)c4CNC(=O)C4CCCO4)C3)c2)n1. The fraction of sp³-hybridized carbons (Fsp3) is 0.407. The van der Waals surface area contributed by atoms with E-state index in [0.29, 0.717) is 31.8 Å². The van der Waals surface area contributed by atoms with Gasteiger partial charge in [-0.2, -0.15) is 5.10 Å². The number of hydrogen-bond donors (Lipinski definition) is 1. The normalized spacial score (nSPS) is 17.3. The second kappa shape index (κ2) is 9.62. The highest BCUT2D eigenvalue weighted by molar-refractivity contribution is 5.95. The van der Waals surface area contributed by atoms with Crippen molar-refractivity contribution in [2.24, 2.45) is 0 Å². The van der Waals surface area contributed by atoms with Gasteiger partial charge in [-0.3, -0.25) is 14.6 Å². The molecule has 1 N–H and O–H groups in total. The van der Waals surface area contributed by atoms with E-state index >= 15 is 0 Å². The van der Waals surface area contributed by atoms with Gasteiger partial charge in [0.05, 0.1) is 11.4 Å². The summed E-state index contributed by atoms with van der Waals surface area (Å²) in [5, 5.41) is 7.57. The molecule has 1 aromatic carbocycles. The van der Waals surface area contributed by atoms with Crippen molar-refractivity contribution in [3.63, 3.8) is 0 Å². The molecule has 3 aromatic rings. The standard InChI is InChI=1S/C27H31N5O3/c1-17-12-18(2)32(30-17)22-7-4-6-20(13-22)27(34)31-10-9-23-21(16-31)14-28-19(3)24(23)15-29-26(33)25-8-5-11-35-25/h4,6-7,12-14,25H,5,8-11,15-16H2,1-3H3,(H,29,33). The molecule has 5 rings (SSSR count). The van der Waals surface area contributed by atoms with Crippen molar-refractivity contribution in [1.29, 1.82) is 0 Å². The van der Waals surface area contributed by atoms with Crippen molar-refractivity contribution in [2.75, 3.05) is 13.2 Å². The fourth-order valence-electron chi connectivity index (χ4n) is 5.05. The number of fused-ring (bicyclic) bond motifs is 1. The lowest BCUT2D eigenvalue weighted by molar-refractivity contribution is -0.130. The van der Waals surface area contributed by atoms with E-state index in [-0.39, 0.29) is 17.9 Å². The predicted molar refractivity (Wildman–Crippen MR) is 131 cm³/mol. The minimum Gasteiger partial charge on any atom is -0.368 e. The van der Waals surface area contributed by atoms with Crippen LogP contribution in [0, 0.1) is 20.8 Å². The molecule has 1 saturated heterocycles. The molecule has 2 amide bonds. The van der Waals surface area contributed by atoms with Gasteiger partial charge in [0, 0.05) is 49.4 Å². The Morgan fingerprint density at radius 2 is 2.06 bits per heavy atom. The van der Waals surface area contributed by atoms with E-state index in [1.54, 1.807) is 0 Å². The Hall–Kier alpha value is -3.52. The third-order valence-corrected chi connectivity index (χ3v) is 6.89. The van der Waals surface area contributed by atoms with Gasteiger partial charge in [-0.1, -0.05) is 6.07 Å². The molecule has 8 heteroatoms. The van der Waals surface area contributed by atoms with Crippen molar-refractivity contribution in [3.8, 4) is 5.69 Å². The van der Waals surface area contributed by atoms with E-state index in [4.69, 9.17) is 4.74 Å². The molecule has 2 aromatic heterocycles. The van der Waals surface area contributed by atoms with Gasteiger partial charge in [0.25, 0.3) is 5.91 Å². The molecular weight excluding hydrogens is 442 g/mol. The lowest BCUT2D eigenvalue weighted by Crippen LogP contribution is -2.38. The summed E-state index contributed by atoms with van der Waals surface area (Å²) in [4.78, 5) is 32.3. The first kappa shape index (κ1) is 23.2. The van der Waals surface area contributed by atoms with Crippen LogP contribution in [0.3, 0.4) is 0 Å². The summed E-state index contributed by atoms with van der Waals surface area (Å²) in [6.07, 6.45) is 3.94. The highest BCUT2D eigenvalue weighted by Crippen LogP contribution is 2.26.